The minimum absolute atomic E-state index is 0.0000767. The van der Waals surface area contributed by atoms with Crippen LogP contribution < -0.4 is 5.32 Å². The number of hydrogen-bond acceptors (Lipinski definition) is 4. The first-order chi connectivity index (χ1) is 15.2. The number of piperidine rings is 1. The molecule has 0 bridgehead atoms. The first kappa shape index (κ1) is 25.8. The molecule has 0 aromatic heterocycles. The molecule has 1 heterocycles. The van der Waals surface area contributed by atoms with Crippen molar-refractivity contribution in [1.29, 1.82) is 0 Å². The molecule has 1 fully saturated rings. The van der Waals surface area contributed by atoms with Crippen molar-refractivity contribution in [2.75, 3.05) is 25.4 Å². The highest BCUT2D eigenvalue weighted by molar-refractivity contribution is 9.10. The van der Waals surface area contributed by atoms with Gasteiger partial charge in [0, 0.05) is 51.6 Å². The number of nitrogens with zero attached hydrogens (tertiary/aromatic N) is 1. The number of hydrogen-bond donors (Lipinski definition) is 1. The number of halogens is 3. The Hall–Kier alpha value is -0.770. The van der Waals surface area contributed by atoms with Crippen molar-refractivity contribution in [2.45, 2.75) is 24.3 Å². The maximum atomic E-state index is 12.7. The third-order valence-electron chi connectivity index (χ3n) is 5.30. The molecule has 10 heteroatoms. The molecule has 3 rings (SSSR count). The lowest BCUT2D eigenvalue weighted by atomic mass is 9.97. The SMILES string of the molecule is O=C(NCCSCc1ccc(Cl)cc1Cl)C1CCN(S(=O)(=O)Cc2ccc(Br)cc2)CC1. The minimum atomic E-state index is -3.39. The van der Waals surface area contributed by atoms with Crippen molar-refractivity contribution in [3.63, 3.8) is 0 Å². The summed E-state index contributed by atoms with van der Waals surface area (Å²) >= 11 is 17.1. The number of carbonyl (C=O) groups excluding carboxylic acids is 1. The smallest absolute Gasteiger partial charge is 0.223 e. The van der Waals surface area contributed by atoms with Crippen LogP contribution in [-0.4, -0.2) is 44.0 Å². The summed E-state index contributed by atoms with van der Waals surface area (Å²) in [6.45, 7) is 1.32. The summed E-state index contributed by atoms with van der Waals surface area (Å²) in [6, 6.07) is 12.7. The average molecular weight is 580 g/mol. The minimum Gasteiger partial charge on any atom is -0.355 e. The van der Waals surface area contributed by atoms with Crippen molar-refractivity contribution in [1.82, 2.24) is 9.62 Å². The molecular formula is C22H25BrCl2N2O3S2. The van der Waals surface area contributed by atoms with E-state index >= 15 is 0 Å². The first-order valence-electron chi connectivity index (χ1n) is 10.3. The highest BCUT2D eigenvalue weighted by atomic mass is 79.9. The van der Waals surface area contributed by atoms with Crippen molar-refractivity contribution in [2.24, 2.45) is 5.92 Å². The maximum absolute atomic E-state index is 12.7. The predicted octanol–water partition coefficient (Wildman–Crippen LogP) is 5.35. The van der Waals surface area contributed by atoms with Gasteiger partial charge in [-0.15, -0.1) is 0 Å². The van der Waals surface area contributed by atoms with E-state index in [9.17, 15) is 13.2 Å². The van der Waals surface area contributed by atoms with Gasteiger partial charge in [0.1, 0.15) is 0 Å². The molecule has 5 nitrogen and oxygen atoms in total. The fraction of sp³-hybridized carbons (Fsp3) is 0.409. The molecule has 1 N–H and O–H groups in total. The molecule has 32 heavy (non-hydrogen) atoms. The first-order valence-corrected chi connectivity index (χ1v) is 14.6. The lowest BCUT2D eigenvalue weighted by Crippen LogP contribution is -2.43. The van der Waals surface area contributed by atoms with Gasteiger partial charge in [-0.1, -0.05) is 57.3 Å². The zero-order valence-electron chi connectivity index (χ0n) is 17.4. The van der Waals surface area contributed by atoms with Gasteiger partial charge in [-0.25, -0.2) is 12.7 Å². The van der Waals surface area contributed by atoms with Gasteiger partial charge in [0.2, 0.25) is 15.9 Å². The van der Waals surface area contributed by atoms with Crippen LogP contribution in [0.5, 0.6) is 0 Å². The summed E-state index contributed by atoms with van der Waals surface area (Å²) in [5.41, 5.74) is 1.77. The van der Waals surface area contributed by atoms with E-state index in [0.717, 1.165) is 27.1 Å². The molecule has 0 radical (unpaired) electrons. The lowest BCUT2D eigenvalue weighted by molar-refractivity contribution is -0.125. The van der Waals surface area contributed by atoms with E-state index in [2.05, 4.69) is 21.2 Å². The summed E-state index contributed by atoms with van der Waals surface area (Å²) in [4.78, 5) is 12.5. The van der Waals surface area contributed by atoms with Crippen LogP contribution in [0.3, 0.4) is 0 Å². The van der Waals surface area contributed by atoms with Gasteiger partial charge in [-0.3, -0.25) is 4.79 Å². The number of benzene rings is 2. The van der Waals surface area contributed by atoms with E-state index < -0.39 is 10.0 Å². The highest BCUT2D eigenvalue weighted by Crippen LogP contribution is 2.25. The van der Waals surface area contributed by atoms with Crippen LogP contribution >= 0.6 is 50.9 Å². The van der Waals surface area contributed by atoms with Crippen LogP contribution in [0.25, 0.3) is 0 Å². The van der Waals surface area contributed by atoms with E-state index in [4.69, 9.17) is 23.2 Å². The molecule has 0 saturated carbocycles. The standard InChI is InChI=1S/C22H25BrCl2N2O3S2/c23-19-4-1-16(2-5-19)15-32(29,30)27-10-7-17(8-11-27)22(28)26-9-12-31-14-18-3-6-20(24)13-21(18)25/h1-6,13,17H,7-12,14-15H2,(H,26,28). The van der Waals surface area contributed by atoms with Crippen molar-refractivity contribution in [3.8, 4) is 0 Å². The second-order valence-electron chi connectivity index (χ2n) is 7.64. The Morgan fingerprint density at radius 3 is 2.47 bits per heavy atom. The molecule has 1 amide bonds. The Morgan fingerprint density at radius 2 is 1.81 bits per heavy atom. The van der Waals surface area contributed by atoms with Gasteiger partial charge in [0.25, 0.3) is 0 Å². The molecule has 174 valence electrons. The molecular weight excluding hydrogens is 555 g/mol. The van der Waals surface area contributed by atoms with E-state index in [1.165, 1.54) is 4.31 Å². The number of rotatable bonds is 9. The molecule has 0 aliphatic carbocycles. The Bertz CT molecular complexity index is 1030. The van der Waals surface area contributed by atoms with Crippen molar-refractivity contribution >= 4 is 66.8 Å². The molecule has 0 atom stereocenters. The fourth-order valence-electron chi connectivity index (χ4n) is 3.49. The second kappa shape index (κ2) is 12.1. The largest absolute Gasteiger partial charge is 0.355 e. The Kier molecular flexibility index (Phi) is 9.76. The zero-order valence-corrected chi connectivity index (χ0v) is 22.1. The van der Waals surface area contributed by atoms with Crippen LogP contribution in [0.2, 0.25) is 10.0 Å². The molecule has 2 aromatic rings. The van der Waals surface area contributed by atoms with Crippen LogP contribution in [0.15, 0.2) is 46.9 Å². The topological polar surface area (TPSA) is 66.5 Å². The highest BCUT2D eigenvalue weighted by Gasteiger charge is 2.31. The molecule has 0 spiro atoms. The summed E-state index contributed by atoms with van der Waals surface area (Å²) in [7, 11) is -3.39. The van der Waals surface area contributed by atoms with Gasteiger partial charge in [-0.05, 0) is 48.2 Å². The Balaban J connectivity index is 1.37. The van der Waals surface area contributed by atoms with E-state index in [1.807, 2.05) is 24.3 Å². The zero-order chi connectivity index (χ0) is 23.1. The van der Waals surface area contributed by atoms with Crippen molar-refractivity contribution in [3.05, 3.63) is 68.1 Å². The van der Waals surface area contributed by atoms with Crippen molar-refractivity contribution < 1.29 is 13.2 Å². The quantitative estimate of drug-likeness (QED) is 0.407. The molecule has 1 saturated heterocycles. The average Bonchev–Trinajstić information content (AvgIpc) is 2.76. The fourth-order valence-corrected chi connectivity index (χ4v) is 6.73. The number of nitrogens with one attached hydrogen (secondary N) is 1. The van der Waals surface area contributed by atoms with Gasteiger partial charge in [0.05, 0.1) is 5.75 Å². The van der Waals surface area contributed by atoms with Gasteiger partial charge in [-0.2, -0.15) is 11.8 Å². The number of sulfonamides is 1. The van der Waals surface area contributed by atoms with E-state index in [-0.39, 0.29) is 17.6 Å². The molecule has 1 aliphatic rings. The van der Waals surface area contributed by atoms with E-state index in [1.54, 1.807) is 30.0 Å². The Labute approximate surface area is 212 Å². The van der Waals surface area contributed by atoms with Crippen LogP contribution in [0, 0.1) is 5.92 Å². The van der Waals surface area contributed by atoms with Gasteiger partial charge < -0.3 is 5.32 Å². The number of carbonyl (C=O) groups is 1. The molecule has 0 unspecified atom stereocenters. The summed E-state index contributed by atoms with van der Waals surface area (Å²) < 4.78 is 27.8. The monoisotopic (exact) mass is 578 g/mol. The molecule has 1 aliphatic heterocycles. The van der Waals surface area contributed by atoms with Gasteiger partial charge >= 0.3 is 0 Å². The van der Waals surface area contributed by atoms with Crippen LogP contribution in [0.4, 0.5) is 0 Å². The second-order valence-corrected chi connectivity index (χ2v) is 12.5. The van der Waals surface area contributed by atoms with E-state index in [0.29, 0.717) is 42.5 Å². The molecule has 2 aromatic carbocycles. The number of thioether (sulfide) groups is 1. The van der Waals surface area contributed by atoms with Crippen LogP contribution in [-0.2, 0) is 26.3 Å². The number of amides is 1. The van der Waals surface area contributed by atoms with Crippen LogP contribution in [0.1, 0.15) is 24.0 Å². The third-order valence-corrected chi connectivity index (χ3v) is 9.27. The Morgan fingerprint density at radius 1 is 1.12 bits per heavy atom. The normalized spacial score (nSPS) is 15.6. The predicted molar refractivity (Wildman–Crippen MR) is 137 cm³/mol. The lowest BCUT2D eigenvalue weighted by Gasteiger charge is -2.30. The van der Waals surface area contributed by atoms with Gasteiger partial charge in [0.15, 0.2) is 0 Å². The summed E-state index contributed by atoms with van der Waals surface area (Å²) in [6.07, 6.45) is 1.08. The third kappa shape index (κ3) is 7.64. The summed E-state index contributed by atoms with van der Waals surface area (Å²) in [5, 5.41) is 4.24. The summed E-state index contributed by atoms with van der Waals surface area (Å²) in [5.74, 6) is 1.35. The maximum Gasteiger partial charge on any atom is 0.223 e.